The van der Waals surface area contributed by atoms with Crippen LogP contribution in [0.25, 0.3) is 0 Å². The van der Waals surface area contributed by atoms with Crippen LogP contribution in [-0.4, -0.2) is 49.4 Å². The Balaban J connectivity index is 2.54. The quantitative estimate of drug-likeness (QED) is 0.640. The van der Waals surface area contributed by atoms with Gasteiger partial charge in [0.1, 0.15) is 0 Å². The van der Waals surface area contributed by atoms with Gasteiger partial charge >= 0.3 is 5.97 Å². The molecule has 0 radical (unpaired) electrons. The first-order valence-electron chi connectivity index (χ1n) is 6.15. The summed E-state index contributed by atoms with van der Waals surface area (Å²) in [7, 11) is -3.13. The molecule has 3 N–H and O–H groups in total. The van der Waals surface area contributed by atoms with Gasteiger partial charge in [-0.15, -0.1) is 0 Å². The molecule has 1 rings (SSSR count). The van der Waals surface area contributed by atoms with Crippen molar-refractivity contribution in [2.24, 2.45) is 0 Å². The van der Waals surface area contributed by atoms with E-state index in [1.807, 2.05) is 0 Å². The largest absolute Gasteiger partial charge is 0.479 e. The van der Waals surface area contributed by atoms with Crippen LogP contribution in [0.5, 0.6) is 0 Å². The smallest absolute Gasteiger partial charge is 0.332 e. The minimum Gasteiger partial charge on any atom is -0.479 e. The molecule has 1 atom stereocenters. The molecule has 0 aromatic heterocycles. The fourth-order valence-electron chi connectivity index (χ4n) is 1.60. The lowest BCUT2D eigenvalue weighted by Gasteiger charge is -2.08. The number of sulfone groups is 1. The Morgan fingerprint density at radius 3 is 2.29 bits per heavy atom. The van der Waals surface area contributed by atoms with E-state index < -0.39 is 27.8 Å². The highest BCUT2D eigenvalue weighted by molar-refractivity contribution is 7.89. The van der Waals surface area contributed by atoms with Crippen LogP contribution in [-0.2, 0) is 20.4 Å². The zero-order valence-corrected chi connectivity index (χ0v) is 12.3. The van der Waals surface area contributed by atoms with Gasteiger partial charge in [-0.2, -0.15) is 0 Å². The van der Waals surface area contributed by atoms with E-state index in [9.17, 15) is 18.0 Å². The maximum atomic E-state index is 11.7. The van der Waals surface area contributed by atoms with Crippen LogP contribution in [0.15, 0.2) is 24.3 Å². The van der Waals surface area contributed by atoms with Crippen molar-refractivity contribution in [1.29, 1.82) is 0 Å². The molecule has 0 saturated carbocycles. The number of rotatable bonds is 7. The summed E-state index contributed by atoms with van der Waals surface area (Å²) in [5, 5.41) is 20.0. The minimum absolute atomic E-state index is 0.0252. The molecule has 0 bridgehead atoms. The lowest BCUT2D eigenvalue weighted by molar-refractivity contribution is -0.146. The fourth-order valence-corrected chi connectivity index (χ4v) is 2.40. The first kappa shape index (κ1) is 17.1. The molecule has 1 aromatic rings. The van der Waals surface area contributed by atoms with E-state index in [0.29, 0.717) is 11.1 Å². The molecule has 7 nitrogen and oxygen atoms in total. The number of amides is 1. The summed E-state index contributed by atoms with van der Waals surface area (Å²) in [6, 6.07) is 6.07. The number of carbonyl (C=O) groups is 2. The van der Waals surface area contributed by atoms with Gasteiger partial charge in [-0.25, -0.2) is 13.2 Å². The number of hydrogen-bond acceptors (Lipinski definition) is 5. The number of nitrogens with one attached hydrogen (secondary N) is 1. The van der Waals surface area contributed by atoms with Crippen LogP contribution < -0.4 is 5.32 Å². The van der Waals surface area contributed by atoms with Crippen molar-refractivity contribution < 1.29 is 28.2 Å². The number of hydrogen-bond donors (Lipinski definition) is 3. The van der Waals surface area contributed by atoms with Crippen LogP contribution in [0, 0.1) is 0 Å². The van der Waals surface area contributed by atoms with Gasteiger partial charge in [0.15, 0.2) is 15.9 Å². The third kappa shape index (κ3) is 6.37. The number of aliphatic hydroxyl groups excluding tert-OH is 1. The molecule has 116 valence electrons. The molecule has 0 saturated heterocycles. The first-order chi connectivity index (χ1) is 9.69. The van der Waals surface area contributed by atoms with Gasteiger partial charge < -0.3 is 15.5 Å². The third-order valence-corrected chi connectivity index (χ3v) is 3.49. The van der Waals surface area contributed by atoms with Gasteiger partial charge in [0.05, 0.1) is 5.75 Å². The van der Waals surface area contributed by atoms with Gasteiger partial charge in [0, 0.05) is 24.8 Å². The van der Waals surface area contributed by atoms with Crippen LogP contribution in [0.2, 0.25) is 0 Å². The highest BCUT2D eigenvalue weighted by Gasteiger charge is 2.13. The van der Waals surface area contributed by atoms with Gasteiger partial charge in [-0.1, -0.05) is 12.1 Å². The molecule has 0 aliphatic rings. The van der Waals surface area contributed by atoms with Gasteiger partial charge in [-0.3, -0.25) is 4.79 Å². The van der Waals surface area contributed by atoms with Crippen LogP contribution >= 0.6 is 0 Å². The van der Waals surface area contributed by atoms with Crippen LogP contribution in [0.1, 0.15) is 22.3 Å². The number of aliphatic carboxylic acids is 1. The third-order valence-electron chi connectivity index (χ3n) is 2.63. The summed E-state index contributed by atoms with van der Waals surface area (Å²) in [5.74, 6) is -1.85. The summed E-state index contributed by atoms with van der Waals surface area (Å²) in [4.78, 5) is 22.1. The summed E-state index contributed by atoms with van der Waals surface area (Å²) in [5.41, 5.74) is 0.910. The van der Waals surface area contributed by atoms with Gasteiger partial charge in [-0.05, 0) is 17.7 Å². The summed E-state index contributed by atoms with van der Waals surface area (Å²) >= 11 is 0. The number of benzene rings is 1. The highest BCUT2D eigenvalue weighted by Crippen LogP contribution is 2.08. The Labute approximate surface area is 122 Å². The Morgan fingerprint density at radius 2 is 1.81 bits per heavy atom. The Kier molecular flexibility index (Phi) is 5.86. The molecule has 1 aromatic carbocycles. The minimum atomic E-state index is -3.13. The average Bonchev–Trinajstić information content (AvgIpc) is 2.37. The number of carbonyl (C=O) groups excluding carboxylic acids is 1. The molecule has 0 heterocycles. The Hall–Kier alpha value is -1.93. The average molecular weight is 315 g/mol. The normalized spacial score (nSPS) is 12.7. The van der Waals surface area contributed by atoms with Crippen LogP contribution in [0.4, 0.5) is 0 Å². The molecule has 1 unspecified atom stereocenters. The first-order valence-corrected chi connectivity index (χ1v) is 8.21. The highest BCUT2D eigenvalue weighted by atomic mass is 32.2. The van der Waals surface area contributed by atoms with E-state index in [4.69, 9.17) is 10.2 Å². The molecule has 0 aliphatic carbocycles. The zero-order valence-electron chi connectivity index (χ0n) is 11.4. The summed E-state index contributed by atoms with van der Waals surface area (Å²) in [6.07, 6.45) is -0.475. The van der Waals surface area contributed by atoms with Crippen molar-refractivity contribution in [1.82, 2.24) is 5.32 Å². The second kappa shape index (κ2) is 7.19. The molecule has 0 fully saturated rings. The van der Waals surface area contributed by atoms with Crippen LogP contribution in [0.3, 0.4) is 0 Å². The number of carboxylic acid groups (broad SMARTS) is 1. The van der Waals surface area contributed by atoms with Crippen molar-refractivity contribution in [2.45, 2.75) is 18.3 Å². The lowest BCUT2D eigenvalue weighted by atomic mass is 10.1. The van der Waals surface area contributed by atoms with E-state index in [0.717, 1.165) is 6.26 Å². The predicted molar refractivity (Wildman–Crippen MR) is 75.6 cm³/mol. The SMILES string of the molecule is CS(=O)(=O)Cc1ccc(C(=O)NCCC(O)C(=O)O)cc1. The topological polar surface area (TPSA) is 121 Å². The van der Waals surface area contributed by atoms with Crippen molar-refractivity contribution in [3.8, 4) is 0 Å². The number of carboxylic acids is 1. The van der Waals surface area contributed by atoms with Crippen molar-refractivity contribution in [3.05, 3.63) is 35.4 Å². The predicted octanol–water partition coefficient (Wildman–Crippen LogP) is -0.203. The molecular formula is C13H17NO6S. The molecule has 21 heavy (non-hydrogen) atoms. The Morgan fingerprint density at radius 1 is 1.24 bits per heavy atom. The van der Waals surface area contributed by atoms with Crippen molar-refractivity contribution >= 4 is 21.7 Å². The molecule has 8 heteroatoms. The molecule has 0 spiro atoms. The Bertz CT molecular complexity index is 608. The maximum absolute atomic E-state index is 11.7. The fraction of sp³-hybridized carbons (Fsp3) is 0.385. The monoisotopic (exact) mass is 315 g/mol. The zero-order chi connectivity index (χ0) is 16.0. The second-order valence-corrected chi connectivity index (χ2v) is 6.81. The molecular weight excluding hydrogens is 298 g/mol. The van der Waals surface area contributed by atoms with E-state index in [-0.39, 0.29) is 18.7 Å². The molecule has 0 aliphatic heterocycles. The number of aliphatic hydroxyl groups is 1. The van der Waals surface area contributed by atoms with E-state index >= 15 is 0 Å². The summed E-state index contributed by atoms with van der Waals surface area (Å²) in [6.45, 7) is 0.0252. The van der Waals surface area contributed by atoms with Gasteiger partial charge in [0.25, 0.3) is 5.91 Å². The van der Waals surface area contributed by atoms with Gasteiger partial charge in [0.2, 0.25) is 0 Å². The molecule has 1 amide bonds. The maximum Gasteiger partial charge on any atom is 0.332 e. The van der Waals surface area contributed by atoms with Crippen molar-refractivity contribution in [2.75, 3.05) is 12.8 Å². The van der Waals surface area contributed by atoms with E-state index in [1.165, 1.54) is 12.1 Å². The standard InChI is InChI=1S/C13H17NO6S/c1-21(19,20)8-9-2-4-10(5-3-9)12(16)14-7-6-11(15)13(17)18/h2-5,11,15H,6-8H2,1H3,(H,14,16)(H,17,18). The van der Waals surface area contributed by atoms with Crippen molar-refractivity contribution in [3.63, 3.8) is 0 Å². The van der Waals surface area contributed by atoms with E-state index in [2.05, 4.69) is 5.32 Å². The summed E-state index contributed by atoms with van der Waals surface area (Å²) < 4.78 is 22.3. The second-order valence-electron chi connectivity index (χ2n) is 4.67. The van der Waals surface area contributed by atoms with E-state index in [1.54, 1.807) is 12.1 Å². The lowest BCUT2D eigenvalue weighted by Crippen LogP contribution is -2.30.